The molecule has 0 aliphatic carbocycles. The van der Waals surface area contributed by atoms with Gasteiger partial charge in [0, 0.05) is 10.9 Å². The Balaban J connectivity index is 2.34. The molecule has 1 aromatic heterocycles. The average molecular weight is 319 g/mol. The molecule has 2 aromatic rings. The number of hydrogen-bond donors (Lipinski definition) is 2. The van der Waals surface area contributed by atoms with Crippen molar-refractivity contribution in [3.63, 3.8) is 0 Å². The summed E-state index contributed by atoms with van der Waals surface area (Å²) in [7, 11) is 0. The third-order valence-electron chi connectivity index (χ3n) is 2.78. The maximum absolute atomic E-state index is 11.7. The van der Waals surface area contributed by atoms with Gasteiger partial charge in [0.2, 0.25) is 0 Å². The number of ether oxygens (including phenoxy) is 1. The zero-order valence-electron chi connectivity index (χ0n) is 11.7. The quantitative estimate of drug-likeness (QED) is 0.667. The molecule has 114 valence electrons. The molecule has 0 spiro atoms. The van der Waals surface area contributed by atoms with Gasteiger partial charge in [-0.05, 0) is 12.5 Å². The van der Waals surface area contributed by atoms with Crippen LogP contribution >= 0.6 is 11.3 Å². The molecule has 22 heavy (non-hydrogen) atoms. The number of nitrogens with one attached hydrogen (secondary N) is 1. The van der Waals surface area contributed by atoms with Crippen LogP contribution in [0.2, 0.25) is 0 Å². The molecule has 0 radical (unpaired) electrons. The molecule has 0 bridgehead atoms. The van der Waals surface area contributed by atoms with Crippen LogP contribution in [0.25, 0.3) is 11.1 Å². The monoisotopic (exact) mass is 319 g/mol. The Bertz CT molecular complexity index is 708. The topological polar surface area (TPSA) is 92.7 Å². The number of carbonyl (C=O) groups is 3. The van der Waals surface area contributed by atoms with Crippen molar-refractivity contribution in [1.82, 2.24) is 0 Å². The smallest absolute Gasteiger partial charge is 0.397 e. The summed E-state index contributed by atoms with van der Waals surface area (Å²) in [6.45, 7) is 1.64. The number of aromatic carboxylic acids is 1. The summed E-state index contributed by atoms with van der Waals surface area (Å²) in [4.78, 5) is 34.5. The van der Waals surface area contributed by atoms with Gasteiger partial charge in [0.15, 0.2) is 0 Å². The van der Waals surface area contributed by atoms with E-state index >= 15 is 0 Å². The molecule has 0 unspecified atom stereocenters. The molecule has 0 atom stereocenters. The summed E-state index contributed by atoms with van der Waals surface area (Å²) in [5, 5.41) is 13.4. The zero-order valence-corrected chi connectivity index (χ0v) is 12.5. The van der Waals surface area contributed by atoms with Crippen molar-refractivity contribution in [2.75, 3.05) is 11.9 Å². The van der Waals surface area contributed by atoms with Gasteiger partial charge in [0.25, 0.3) is 0 Å². The van der Waals surface area contributed by atoms with Crippen molar-refractivity contribution < 1.29 is 24.2 Å². The normalized spacial score (nSPS) is 10.0. The van der Waals surface area contributed by atoms with Crippen LogP contribution in [0.5, 0.6) is 0 Å². The third kappa shape index (κ3) is 3.32. The van der Waals surface area contributed by atoms with E-state index in [4.69, 9.17) is 0 Å². The fraction of sp³-hybridized carbons (Fsp3) is 0.133. The molecular formula is C15H13NO5S. The highest BCUT2D eigenvalue weighted by Gasteiger charge is 2.23. The molecule has 1 amide bonds. The van der Waals surface area contributed by atoms with E-state index in [1.54, 1.807) is 36.6 Å². The molecule has 1 heterocycles. The van der Waals surface area contributed by atoms with Gasteiger partial charge in [-0.3, -0.25) is 4.79 Å². The molecular weight excluding hydrogens is 306 g/mol. The zero-order chi connectivity index (χ0) is 16.1. The second kappa shape index (κ2) is 6.86. The molecule has 7 heteroatoms. The van der Waals surface area contributed by atoms with Crippen LogP contribution in [-0.2, 0) is 14.3 Å². The van der Waals surface area contributed by atoms with Gasteiger partial charge in [-0.25, -0.2) is 9.59 Å². The number of carboxylic acids is 1. The molecule has 0 saturated carbocycles. The van der Waals surface area contributed by atoms with Gasteiger partial charge in [0.1, 0.15) is 10.6 Å². The number of rotatable bonds is 4. The van der Waals surface area contributed by atoms with Gasteiger partial charge in [-0.15, -0.1) is 11.3 Å². The van der Waals surface area contributed by atoms with Crippen LogP contribution in [0.15, 0.2) is 35.7 Å². The lowest BCUT2D eigenvalue weighted by molar-refractivity contribution is -0.152. The highest BCUT2D eigenvalue weighted by Crippen LogP contribution is 2.35. The van der Waals surface area contributed by atoms with E-state index in [9.17, 15) is 19.5 Å². The average Bonchev–Trinajstić information content (AvgIpc) is 2.92. The minimum Gasteiger partial charge on any atom is -0.478 e. The first-order chi connectivity index (χ1) is 10.5. The Hall–Kier alpha value is -2.67. The summed E-state index contributed by atoms with van der Waals surface area (Å²) < 4.78 is 4.57. The summed E-state index contributed by atoms with van der Waals surface area (Å²) in [5.41, 5.74) is 1.15. The van der Waals surface area contributed by atoms with Crippen molar-refractivity contribution in [2.24, 2.45) is 0 Å². The fourth-order valence-corrected chi connectivity index (χ4v) is 2.80. The number of amides is 1. The van der Waals surface area contributed by atoms with Crippen LogP contribution in [0.3, 0.4) is 0 Å². The highest BCUT2D eigenvalue weighted by molar-refractivity contribution is 7.15. The summed E-state index contributed by atoms with van der Waals surface area (Å²) in [6, 6.07) is 8.93. The third-order valence-corrected chi connectivity index (χ3v) is 3.67. The molecule has 2 N–H and O–H groups in total. The summed E-state index contributed by atoms with van der Waals surface area (Å²) in [6.07, 6.45) is 0. The van der Waals surface area contributed by atoms with E-state index in [0.717, 1.165) is 11.3 Å². The van der Waals surface area contributed by atoms with Crippen molar-refractivity contribution in [2.45, 2.75) is 6.92 Å². The first-order valence-corrected chi connectivity index (χ1v) is 7.30. The van der Waals surface area contributed by atoms with Crippen LogP contribution in [0, 0.1) is 0 Å². The lowest BCUT2D eigenvalue weighted by Crippen LogP contribution is -2.25. The van der Waals surface area contributed by atoms with E-state index < -0.39 is 17.8 Å². The van der Waals surface area contributed by atoms with E-state index in [-0.39, 0.29) is 17.2 Å². The molecule has 2 rings (SSSR count). The number of hydrogen-bond acceptors (Lipinski definition) is 5. The maximum Gasteiger partial charge on any atom is 0.397 e. The highest BCUT2D eigenvalue weighted by atomic mass is 32.1. The van der Waals surface area contributed by atoms with Gasteiger partial charge in [0.05, 0.1) is 6.61 Å². The van der Waals surface area contributed by atoms with Crippen LogP contribution < -0.4 is 5.32 Å². The predicted octanol–water partition coefficient (Wildman–Crippen LogP) is 2.61. The van der Waals surface area contributed by atoms with E-state index in [2.05, 4.69) is 10.1 Å². The van der Waals surface area contributed by atoms with E-state index in [0.29, 0.717) is 11.1 Å². The first kappa shape index (κ1) is 15.7. The number of anilines is 1. The molecule has 6 nitrogen and oxygen atoms in total. The van der Waals surface area contributed by atoms with Gasteiger partial charge < -0.3 is 15.2 Å². The lowest BCUT2D eigenvalue weighted by Gasteiger charge is -2.05. The maximum atomic E-state index is 11.7. The Morgan fingerprint density at radius 3 is 2.50 bits per heavy atom. The molecule has 0 fully saturated rings. The Morgan fingerprint density at radius 2 is 1.91 bits per heavy atom. The van der Waals surface area contributed by atoms with Crippen molar-refractivity contribution >= 4 is 34.2 Å². The number of carbonyl (C=O) groups excluding carboxylic acids is 2. The number of carboxylic acid groups (broad SMARTS) is 1. The van der Waals surface area contributed by atoms with Crippen molar-refractivity contribution in [3.05, 3.63) is 41.3 Å². The number of benzene rings is 1. The van der Waals surface area contributed by atoms with Crippen LogP contribution in [0.1, 0.15) is 17.3 Å². The largest absolute Gasteiger partial charge is 0.478 e. The lowest BCUT2D eigenvalue weighted by atomic mass is 10.0. The second-order valence-corrected chi connectivity index (χ2v) is 5.08. The number of thiophene rings is 1. The molecule has 0 aliphatic rings. The Labute approximate surface area is 130 Å². The van der Waals surface area contributed by atoms with Crippen molar-refractivity contribution in [3.8, 4) is 11.1 Å². The first-order valence-electron chi connectivity index (χ1n) is 6.43. The predicted molar refractivity (Wildman–Crippen MR) is 82.0 cm³/mol. The standard InChI is InChI=1S/C15H13NO5S/c1-2-21-15(20)12(17)16-13-11(14(18)19)10(8-22-13)9-6-4-3-5-7-9/h3-8H,2H2,1H3,(H,16,17)(H,18,19). The van der Waals surface area contributed by atoms with Crippen LogP contribution in [-0.4, -0.2) is 29.6 Å². The van der Waals surface area contributed by atoms with Gasteiger partial charge in [-0.1, -0.05) is 30.3 Å². The molecule has 0 saturated heterocycles. The van der Waals surface area contributed by atoms with E-state index in [1.165, 1.54) is 0 Å². The van der Waals surface area contributed by atoms with E-state index in [1.807, 2.05) is 6.07 Å². The molecule has 1 aromatic carbocycles. The van der Waals surface area contributed by atoms with Crippen LogP contribution in [0.4, 0.5) is 5.00 Å². The Kier molecular flexibility index (Phi) is 4.90. The summed E-state index contributed by atoms with van der Waals surface area (Å²) >= 11 is 1.04. The Morgan fingerprint density at radius 1 is 1.23 bits per heavy atom. The summed E-state index contributed by atoms with van der Waals surface area (Å²) in [5.74, 6) is -3.22. The fourth-order valence-electron chi connectivity index (χ4n) is 1.84. The molecule has 0 aliphatic heterocycles. The second-order valence-electron chi connectivity index (χ2n) is 4.20. The van der Waals surface area contributed by atoms with Crippen molar-refractivity contribution in [1.29, 1.82) is 0 Å². The minimum absolute atomic E-state index is 0.0474. The SMILES string of the molecule is CCOC(=O)C(=O)Nc1scc(-c2ccccc2)c1C(=O)O. The van der Waals surface area contributed by atoms with Gasteiger partial charge in [-0.2, -0.15) is 0 Å². The minimum atomic E-state index is -1.18. The number of esters is 1. The van der Waals surface area contributed by atoms with Gasteiger partial charge >= 0.3 is 17.8 Å².